The number of carboxylic acids is 1. The average molecular weight is 294 g/mol. The number of aromatic carboxylic acids is 1. The average Bonchev–Trinajstić information content (AvgIpc) is 2.39. The summed E-state index contributed by atoms with van der Waals surface area (Å²) >= 11 is 0. The maximum atomic E-state index is 13.3. The molecule has 1 saturated heterocycles. The van der Waals surface area contributed by atoms with Gasteiger partial charge in [0.2, 0.25) is 0 Å². The molecule has 1 fully saturated rings. The number of nitrogens with one attached hydrogen (secondary N) is 1. The van der Waals surface area contributed by atoms with Gasteiger partial charge in [0.15, 0.2) is 0 Å². The molecule has 1 heterocycles. The van der Waals surface area contributed by atoms with Crippen LogP contribution < -0.4 is 5.32 Å². The van der Waals surface area contributed by atoms with Crippen molar-refractivity contribution in [3.05, 3.63) is 29.6 Å². The van der Waals surface area contributed by atoms with E-state index in [4.69, 9.17) is 5.11 Å². The lowest BCUT2D eigenvalue weighted by Gasteiger charge is -2.37. The molecule has 0 spiro atoms. The number of urea groups is 1. The normalized spacial score (nSPS) is 17.4. The quantitative estimate of drug-likeness (QED) is 0.880. The summed E-state index contributed by atoms with van der Waals surface area (Å²) in [4.78, 5) is 24.8. The van der Waals surface area contributed by atoms with Gasteiger partial charge in [0.1, 0.15) is 5.82 Å². The van der Waals surface area contributed by atoms with E-state index in [1.54, 1.807) is 4.90 Å². The third-order valence-corrected chi connectivity index (χ3v) is 3.64. The van der Waals surface area contributed by atoms with Crippen LogP contribution in [0.4, 0.5) is 14.9 Å². The number of piperidine rings is 1. The van der Waals surface area contributed by atoms with Gasteiger partial charge < -0.3 is 15.3 Å². The molecule has 1 aliphatic heterocycles. The summed E-state index contributed by atoms with van der Waals surface area (Å²) in [5, 5.41) is 11.5. The van der Waals surface area contributed by atoms with Gasteiger partial charge in [-0.15, -0.1) is 0 Å². The van der Waals surface area contributed by atoms with Crippen molar-refractivity contribution in [3.63, 3.8) is 0 Å². The van der Waals surface area contributed by atoms with Crippen LogP contribution in [0.3, 0.4) is 0 Å². The molecule has 0 saturated carbocycles. The van der Waals surface area contributed by atoms with E-state index in [2.05, 4.69) is 19.2 Å². The summed E-state index contributed by atoms with van der Waals surface area (Å²) < 4.78 is 13.3. The van der Waals surface area contributed by atoms with Crippen LogP contribution in [-0.4, -0.2) is 35.1 Å². The number of benzene rings is 1. The molecule has 6 heteroatoms. The fourth-order valence-electron chi connectivity index (χ4n) is 2.57. The zero-order chi connectivity index (χ0) is 15.6. The van der Waals surface area contributed by atoms with E-state index >= 15 is 0 Å². The van der Waals surface area contributed by atoms with Crippen molar-refractivity contribution >= 4 is 17.7 Å². The van der Waals surface area contributed by atoms with Gasteiger partial charge in [-0.1, -0.05) is 13.8 Å². The number of hydrogen-bond donors (Lipinski definition) is 2. The molecule has 1 aromatic carbocycles. The summed E-state index contributed by atoms with van der Waals surface area (Å²) in [6, 6.07) is 3.24. The van der Waals surface area contributed by atoms with Gasteiger partial charge in [0.25, 0.3) is 0 Å². The second-order valence-corrected chi connectivity index (χ2v) is 6.12. The Kier molecular flexibility index (Phi) is 4.16. The summed E-state index contributed by atoms with van der Waals surface area (Å²) in [6.45, 7) is 5.52. The fourth-order valence-corrected chi connectivity index (χ4v) is 2.57. The Morgan fingerprint density at radius 1 is 1.38 bits per heavy atom. The van der Waals surface area contributed by atoms with Gasteiger partial charge in [-0.05, 0) is 36.5 Å². The first-order valence-corrected chi connectivity index (χ1v) is 6.87. The SMILES string of the molecule is CC1(C)CCCN(C(=O)Nc2ccc(F)c(C(=O)O)c2)C1. The number of halogens is 1. The summed E-state index contributed by atoms with van der Waals surface area (Å²) in [6.07, 6.45) is 2.00. The third-order valence-electron chi connectivity index (χ3n) is 3.64. The van der Waals surface area contributed by atoms with E-state index in [1.165, 1.54) is 6.07 Å². The van der Waals surface area contributed by atoms with E-state index in [0.29, 0.717) is 13.1 Å². The molecule has 2 N–H and O–H groups in total. The third kappa shape index (κ3) is 3.71. The molecule has 0 atom stereocenters. The van der Waals surface area contributed by atoms with Crippen LogP contribution in [0.2, 0.25) is 0 Å². The van der Waals surface area contributed by atoms with Gasteiger partial charge in [0.05, 0.1) is 5.56 Å². The number of amides is 2. The highest BCUT2D eigenvalue weighted by Gasteiger charge is 2.29. The van der Waals surface area contributed by atoms with Crippen LogP contribution in [0.25, 0.3) is 0 Å². The van der Waals surface area contributed by atoms with Crippen molar-refractivity contribution in [1.29, 1.82) is 0 Å². The molecule has 2 rings (SSSR count). The lowest BCUT2D eigenvalue weighted by molar-refractivity contribution is 0.0692. The van der Waals surface area contributed by atoms with E-state index in [0.717, 1.165) is 25.0 Å². The molecule has 1 aliphatic rings. The first-order valence-electron chi connectivity index (χ1n) is 6.87. The Balaban J connectivity index is 2.09. The minimum absolute atomic E-state index is 0.0740. The van der Waals surface area contributed by atoms with Crippen molar-refractivity contribution in [3.8, 4) is 0 Å². The van der Waals surface area contributed by atoms with Crippen molar-refractivity contribution in [2.75, 3.05) is 18.4 Å². The molecule has 0 aromatic heterocycles. The molecule has 0 aliphatic carbocycles. The zero-order valence-electron chi connectivity index (χ0n) is 12.1. The predicted octanol–water partition coefficient (Wildman–Crippen LogP) is 3.18. The Bertz CT molecular complexity index is 572. The summed E-state index contributed by atoms with van der Waals surface area (Å²) in [5.41, 5.74) is -0.0982. The highest BCUT2D eigenvalue weighted by atomic mass is 19.1. The van der Waals surface area contributed by atoms with Crippen LogP contribution in [0, 0.1) is 11.2 Å². The van der Waals surface area contributed by atoms with Crippen molar-refractivity contribution in [2.24, 2.45) is 5.41 Å². The van der Waals surface area contributed by atoms with E-state index in [-0.39, 0.29) is 17.1 Å². The van der Waals surface area contributed by atoms with Crippen LogP contribution in [0.15, 0.2) is 18.2 Å². The molecule has 0 radical (unpaired) electrons. The maximum absolute atomic E-state index is 13.3. The predicted molar refractivity (Wildman–Crippen MR) is 77.0 cm³/mol. The van der Waals surface area contributed by atoms with E-state index in [9.17, 15) is 14.0 Å². The topological polar surface area (TPSA) is 69.6 Å². The molecule has 21 heavy (non-hydrogen) atoms. The van der Waals surface area contributed by atoms with Gasteiger partial charge in [-0.3, -0.25) is 0 Å². The first-order chi connectivity index (χ1) is 9.78. The van der Waals surface area contributed by atoms with Crippen molar-refractivity contribution in [2.45, 2.75) is 26.7 Å². The lowest BCUT2D eigenvalue weighted by Crippen LogP contribution is -2.45. The minimum atomic E-state index is -1.36. The first kappa shape index (κ1) is 15.3. The number of nitrogens with zero attached hydrogens (tertiary/aromatic N) is 1. The van der Waals surface area contributed by atoms with Gasteiger partial charge in [0, 0.05) is 18.8 Å². The number of likely N-dealkylation sites (tertiary alicyclic amines) is 1. The van der Waals surface area contributed by atoms with E-state index < -0.39 is 17.3 Å². The molecular weight excluding hydrogens is 275 g/mol. The Hall–Kier alpha value is -2.11. The largest absolute Gasteiger partial charge is 0.478 e. The smallest absolute Gasteiger partial charge is 0.338 e. The minimum Gasteiger partial charge on any atom is -0.478 e. The van der Waals surface area contributed by atoms with Gasteiger partial charge in [-0.2, -0.15) is 0 Å². The number of carboxylic acid groups (broad SMARTS) is 1. The standard InChI is InChI=1S/C15H19FN2O3/c1-15(2)6-3-7-18(9-15)14(21)17-10-4-5-12(16)11(8-10)13(19)20/h4-5,8H,3,6-7,9H2,1-2H3,(H,17,21)(H,19,20). The number of rotatable bonds is 2. The van der Waals surface area contributed by atoms with Crippen LogP contribution in [0.5, 0.6) is 0 Å². The highest BCUT2D eigenvalue weighted by molar-refractivity contribution is 5.93. The Labute approximate surface area is 122 Å². The fraction of sp³-hybridized carbons (Fsp3) is 0.467. The second-order valence-electron chi connectivity index (χ2n) is 6.12. The number of anilines is 1. The van der Waals surface area contributed by atoms with Gasteiger partial charge in [-0.25, -0.2) is 14.0 Å². The number of carbonyl (C=O) groups excluding carboxylic acids is 1. The number of hydrogen-bond acceptors (Lipinski definition) is 2. The molecule has 114 valence electrons. The molecule has 0 unspecified atom stereocenters. The molecule has 2 amide bonds. The van der Waals surface area contributed by atoms with Crippen molar-refractivity contribution in [1.82, 2.24) is 4.90 Å². The van der Waals surface area contributed by atoms with Crippen LogP contribution in [0.1, 0.15) is 37.0 Å². The number of carbonyl (C=O) groups is 2. The molecule has 1 aromatic rings. The monoisotopic (exact) mass is 294 g/mol. The lowest BCUT2D eigenvalue weighted by atomic mass is 9.84. The second kappa shape index (κ2) is 5.71. The highest BCUT2D eigenvalue weighted by Crippen LogP contribution is 2.28. The van der Waals surface area contributed by atoms with Gasteiger partial charge >= 0.3 is 12.0 Å². The zero-order valence-corrected chi connectivity index (χ0v) is 12.1. The summed E-state index contributed by atoms with van der Waals surface area (Å²) in [5.74, 6) is -2.18. The molecular formula is C15H19FN2O3. The van der Waals surface area contributed by atoms with E-state index in [1.807, 2.05) is 0 Å². The Morgan fingerprint density at radius 2 is 2.10 bits per heavy atom. The maximum Gasteiger partial charge on any atom is 0.338 e. The van der Waals surface area contributed by atoms with Crippen LogP contribution >= 0.6 is 0 Å². The summed E-state index contributed by atoms with van der Waals surface area (Å²) in [7, 11) is 0. The van der Waals surface area contributed by atoms with Crippen LogP contribution in [-0.2, 0) is 0 Å². The Morgan fingerprint density at radius 3 is 2.71 bits per heavy atom. The van der Waals surface area contributed by atoms with Crippen molar-refractivity contribution < 1.29 is 19.1 Å². The molecule has 0 bridgehead atoms. The molecule has 5 nitrogen and oxygen atoms in total.